The van der Waals surface area contributed by atoms with E-state index in [1.165, 1.54) is 4.68 Å². The lowest BCUT2D eigenvalue weighted by atomic mass is 9.64. The number of carbonyl (C=O) groups excluding carboxylic acids is 1. The van der Waals surface area contributed by atoms with Crippen molar-refractivity contribution in [2.24, 2.45) is 0 Å². The van der Waals surface area contributed by atoms with Crippen molar-refractivity contribution >= 4 is 12.0 Å². The normalized spacial score (nSPS) is 14.5. The van der Waals surface area contributed by atoms with Gasteiger partial charge in [0.25, 0.3) is 5.89 Å². The number of nitrogen functional groups attached to an aromatic ring is 1. The Balaban J connectivity index is 1.40. The standard InChI is InChI=1S/C24H26N8O2/c1-3-31(4-2)23(33)32-15-18(14-28-32)20-29-21(30-34-20)24(10-5-11-24)19-8-6-16(7-9-19)17-12-26-22(25)27-13-17/h6-9,12-15H,3-5,10-11H2,1-2H3,(H2,25,26,27). The summed E-state index contributed by atoms with van der Waals surface area (Å²) in [6.45, 7) is 5.10. The maximum Gasteiger partial charge on any atom is 0.344 e. The maximum atomic E-state index is 12.5. The van der Waals surface area contributed by atoms with Crippen LogP contribution < -0.4 is 5.73 Å². The highest BCUT2D eigenvalue weighted by atomic mass is 16.5. The van der Waals surface area contributed by atoms with Crippen LogP contribution >= 0.6 is 0 Å². The molecule has 2 N–H and O–H groups in total. The molecule has 34 heavy (non-hydrogen) atoms. The molecule has 0 bridgehead atoms. The lowest BCUT2D eigenvalue weighted by Gasteiger charge is -2.39. The molecule has 10 heteroatoms. The Bertz CT molecular complexity index is 1290. The highest BCUT2D eigenvalue weighted by Gasteiger charge is 2.44. The highest BCUT2D eigenvalue weighted by molar-refractivity contribution is 5.77. The van der Waals surface area contributed by atoms with Crippen LogP contribution in [0, 0.1) is 0 Å². The van der Waals surface area contributed by atoms with Gasteiger partial charge in [-0.3, -0.25) is 0 Å². The highest BCUT2D eigenvalue weighted by Crippen LogP contribution is 2.48. The van der Waals surface area contributed by atoms with Crippen molar-refractivity contribution in [2.45, 2.75) is 38.5 Å². The summed E-state index contributed by atoms with van der Waals surface area (Å²) in [5, 5.41) is 8.52. The van der Waals surface area contributed by atoms with Crippen molar-refractivity contribution in [3.8, 4) is 22.6 Å². The summed E-state index contributed by atoms with van der Waals surface area (Å²) in [6.07, 6.45) is 9.62. The van der Waals surface area contributed by atoms with E-state index in [1.807, 2.05) is 26.0 Å². The largest absolute Gasteiger partial charge is 0.368 e. The quantitative estimate of drug-likeness (QED) is 0.462. The zero-order valence-electron chi connectivity index (χ0n) is 19.2. The van der Waals surface area contributed by atoms with E-state index in [2.05, 4.69) is 32.4 Å². The number of amides is 1. The van der Waals surface area contributed by atoms with Crippen LogP contribution in [0.2, 0.25) is 0 Å². The number of nitrogens with zero attached hydrogens (tertiary/aromatic N) is 7. The van der Waals surface area contributed by atoms with Crippen LogP contribution in [-0.4, -0.2) is 53.9 Å². The molecule has 1 amide bonds. The van der Waals surface area contributed by atoms with Gasteiger partial charge in [0.15, 0.2) is 5.82 Å². The zero-order chi connectivity index (χ0) is 23.7. The third-order valence-corrected chi connectivity index (χ3v) is 6.56. The maximum absolute atomic E-state index is 12.5. The summed E-state index contributed by atoms with van der Waals surface area (Å²) in [4.78, 5) is 27.1. The van der Waals surface area contributed by atoms with Gasteiger partial charge in [0.2, 0.25) is 5.95 Å². The fourth-order valence-corrected chi connectivity index (χ4v) is 4.35. The molecule has 1 aromatic carbocycles. The first-order valence-electron chi connectivity index (χ1n) is 11.4. The molecule has 4 aromatic rings. The van der Waals surface area contributed by atoms with Crippen LogP contribution in [0.4, 0.5) is 10.7 Å². The van der Waals surface area contributed by atoms with Crippen LogP contribution in [0.25, 0.3) is 22.6 Å². The molecule has 1 fully saturated rings. The summed E-state index contributed by atoms with van der Waals surface area (Å²) in [5.41, 5.74) is 8.98. The molecule has 10 nitrogen and oxygen atoms in total. The average Bonchev–Trinajstić information content (AvgIpc) is 3.51. The minimum atomic E-state index is -0.287. The van der Waals surface area contributed by atoms with Crippen LogP contribution in [0.15, 0.2) is 53.6 Å². The smallest absolute Gasteiger partial charge is 0.344 e. The average molecular weight is 459 g/mol. The third kappa shape index (κ3) is 3.70. The number of anilines is 1. The van der Waals surface area contributed by atoms with Gasteiger partial charge in [-0.15, -0.1) is 0 Å². The van der Waals surface area contributed by atoms with Crippen LogP contribution in [0.3, 0.4) is 0 Å². The number of hydrogen-bond acceptors (Lipinski definition) is 8. The first-order chi connectivity index (χ1) is 16.5. The fourth-order valence-electron chi connectivity index (χ4n) is 4.35. The van der Waals surface area contributed by atoms with Gasteiger partial charge < -0.3 is 15.2 Å². The number of aromatic nitrogens is 6. The number of hydrogen-bond donors (Lipinski definition) is 1. The van der Waals surface area contributed by atoms with Gasteiger partial charge >= 0.3 is 6.03 Å². The molecule has 3 aromatic heterocycles. The van der Waals surface area contributed by atoms with Gasteiger partial charge in [0.1, 0.15) is 0 Å². The lowest BCUT2D eigenvalue weighted by Crippen LogP contribution is -2.36. The Morgan fingerprint density at radius 3 is 2.38 bits per heavy atom. The molecular weight excluding hydrogens is 432 g/mol. The zero-order valence-corrected chi connectivity index (χ0v) is 19.2. The summed E-state index contributed by atoms with van der Waals surface area (Å²) in [6, 6.07) is 8.11. The molecule has 174 valence electrons. The molecule has 0 aliphatic heterocycles. The van der Waals surface area contributed by atoms with Crippen LogP contribution in [0.5, 0.6) is 0 Å². The minimum Gasteiger partial charge on any atom is -0.368 e. The van der Waals surface area contributed by atoms with Crippen molar-refractivity contribution in [1.82, 2.24) is 34.8 Å². The molecule has 0 saturated heterocycles. The van der Waals surface area contributed by atoms with E-state index in [1.54, 1.807) is 29.7 Å². The van der Waals surface area contributed by atoms with Gasteiger partial charge in [-0.2, -0.15) is 14.8 Å². The second-order valence-electron chi connectivity index (χ2n) is 8.39. The van der Waals surface area contributed by atoms with Gasteiger partial charge in [0.05, 0.1) is 17.2 Å². The van der Waals surface area contributed by atoms with E-state index in [-0.39, 0.29) is 17.4 Å². The molecule has 5 rings (SSSR count). The molecule has 0 radical (unpaired) electrons. The molecule has 3 heterocycles. The van der Waals surface area contributed by atoms with E-state index < -0.39 is 0 Å². The van der Waals surface area contributed by atoms with Crippen LogP contribution in [0.1, 0.15) is 44.5 Å². The molecule has 1 saturated carbocycles. The second kappa shape index (κ2) is 8.69. The first kappa shape index (κ1) is 21.7. The van der Waals surface area contributed by atoms with Gasteiger partial charge in [-0.05, 0) is 37.8 Å². The topological polar surface area (TPSA) is 129 Å². The number of rotatable bonds is 6. The van der Waals surface area contributed by atoms with Crippen molar-refractivity contribution in [3.05, 3.63) is 60.4 Å². The summed E-state index contributed by atoms with van der Waals surface area (Å²) < 4.78 is 6.91. The predicted molar refractivity (Wildman–Crippen MR) is 126 cm³/mol. The Morgan fingerprint density at radius 1 is 1.06 bits per heavy atom. The molecule has 1 aliphatic carbocycles. The molecule has 0 atom stereocenters. The summed E-state index contributed by atoms with van der Waals surface area (Å²) in [5.74, 6) is 1.26. The monoisotopic (exact) mass is 458 g/mol. The third-order valence-electron chi connectivity index (χ3n) is 6.56. The summed E-state index contributed by atoms with van der Waals surface area (Å²) >= 11 is 0. The van der Waals surface area contributed by atoms with Crippen molar-refractivity contribution in [3.63, 3.8) is 0 Å². The van der Waals surface area contributed by atoms with E-state index in [9.17, 15) is 4.79 Å². The second-order valence-corrected chi connectivity index (χ2v) is 8.39. The van der Waals surface area contributed by atoms with Crippen LogP contribution in [-0.2, 0) is 5.41 Å². The van der Waals surface area contributed by atoms with Gasteiger partial charge in [0, 0.05) is 37.2 Å². The molecule has 1 aliphatic rings. The summed E-state index contributed by atoms with van der Waals surface area (Å²) in [7, 11) is 0. The fraction of sp³-hybridized carbons (Fsp3) is 0.333. The Kier molecular flexibility index (Phi) is 5.56. The molecule has 0 spiro atoms. The lowest BCUT2D eigenvalue weighted by molar-refractivity contribution is 0.201. The molecule has 0 unspecified atom stereocenters. The van der Waals surface area contributed by atoms with Crippen molar-refractivity contribution in [1.29, 1.82) is 0 Å². The predicted octanol–water partition coefficient (Wildman–Crippen LogP) is 3.75. The number of nitrogens with two attached hydrogens (primary N) is 1. The molecular formula is C24H26N8O2. The number of carbonyl (C=O) groups is 1. The van der Waals surface area contributed by atoms with E-state index in [4.69, 9.17) is 15.2 Å². The Labute approximate surface area is 196 Å². The van der Waals surface area contributed by atoms with E-state index in [0.717, 1.165) is 36.0 Å². The number of benzene rings is 1. The minimum absolute atomic E-state index is 0.182. The van der Waals surface area contributed by atoms with Crippen molar-refractivity contribution in [2.75, 3.05) is 18.8 Å². The Hall–Kier alpha value is -4.08. The van der Waals surface area contributed by atoms with Gasteiger partial charge in [-0.1, -0.05) is 35.8 Å². The van der Waals surface area contributed by atoms with Gasteiger partial charge in [-0.25, -0.2) is 14.8 Å². The SMILES string of the molecule is CCN(CC)C(=O)n1cc(-c2nc(C3(c4ccc(-c5cnc(N)nc5)cc4)CCC3)no2)cn1. The Morgan fingerprint density at radius 2 is 1.76 bits per heavy atom. The van der Waals surface area contributed by atoms with Crippen molar-refractivity contribution < 1.29 is 9.32 Å². The van der Waals surface area contributed by atoms with E-state index in [0.29, 0.717) is 30.4 Å². The van der Waals surface area contributed by atoms with E-state index >= 15 is 0 Å². The first-order valence-corrected chi connectivity index (χ1v) is 11.4.